The lowest BCUT2D eigenvalue weighted by Crippen LogP contribution is -2.55. The summed E-state index contributed by atoms with van der Waals surface area (Å²) in [6.07, 6.45) is 15.7. The number of fused-ring (bicyclic) bond motifs is 5. The molecule has 0 aromatic carbocycles. The zero-order valence-corrected chi connectivity index (χ0v) is 14.8. The maximum atomic E-state index is 11.2. The molecule has 24 heavy (non-hydrogen) atoms. The van der Waals surface area contributed by atoms with Crippen molar-refractivity contribution in [3.05, 3.63) is 23.8 Å². The third kappa shape index (κ3) is 1.92. The SMILES string of the molecule is C#C[C@]1(O)C[C@H](O)[C@H]2[C@@H]3CCC4=CCCC[C@@H]4[C@H]3C(=C)C[C@@]21CC. The van der Waals surface area contributed by atoms with E-state index >= 15 is 0 Å². The van der Waals surface area contributed by atoms with Gasteiger partial charge in [0.1, 0.15) is 5.60 Å². The molecule has 0 bridgehead atoms. The van der Waals surface area contributed by atoms with Crippen LogP contribution in [-0.4, -0.2) is 21.9 Å². The van der Waals surface area contributed by atoms with E-state index in [1.165, 1.54) is 24.8 Å². The van der Waals surface area contributed by atoms with Crippen molar-refractivity contribution in [2.75, 3.05) is 0 Å². The molecule has 0 aromatic rings. The van der Waals surface area contributed by atoms with Crippen molar-refractivity contribution in [2.24, 2.45) is 29.1 Å². The standard InChI is InChI=1S/C22H30O2/c1-4-21-12-14(3)19-16-9-7-6-8-15(16)10-11-17(19)20(21)18(23)13-22(21,24)5-2/h2,8,16-20,23-24H,3-4,6-7,9-13H2,1H3/t16-,17+,18-,19+,20+,21-,22-/m0/s1. The predicted octanol–water partition coefficient (Wildman–Crippen LogP) is 3.84. The van der Waals surface area contributed by atoms with Gasteiger partial charge in [-0.15, -0.1) is 6.42 Å². The number of hydrogen-bond acceptors (Lipinski definition) is 2. The molecule has 0 spiro atoms. The van der Waals surface area contributed by atoms with Crippen LogP contribution in [-0.2, 0) is 0 Å². The minimum atomic E-state index is -1.19. The number of rotatable bonds is 1. The van der Waals surface area contributed by atoms with Gasteiger partial charge in [0.15, 0.2) is 0 Å². The average molecular weight is 326 g/mol. The van der Waals surface area contributed by atoms with Crippen LogP contribution in [0.3, 0.4) is 0 Å². The van der Waals surface area contributed by atoms with Crippen LogP contribution in [0.1, 0.15) is 58.3 Å². The Hall–Kier alpha value is -1.04. The normalized spacial score (nSPS) is 50.3. The van der Waals surface area contributed by atoms with E-state index in [0.717, 1.165) is 25.7 Å². The summed E-state index contributed by atoms with van der Waals surface area (Å²) in [6.45, 7) is 6.60. The van der Waals surface area contributed by atoms with E-state index in [1.807, 2.05) is 0 Å². The molecule has 2 nitrogen and oxygen atoms in total. The van der Waals surface area contributed by atoms with Crippen molar-refractivity contribution in [3.8, 4) is 12.3 Å². The van der Waals surface area contributed by atoms with Crippen molar-refractivity contribution in [2.45, 2.75) is 70.0 Å². The van der Waals surface area contributed by atoms with Crippen LogP contribution >= 0.6 is 0 Å². The number of aliphatic hydroxyl groups excluding tert-OH is 1. The van der Waals surface area contributed by atoms with Gasteiger partial charge in [-0.25, -0.2) is 0 Å². The molecule has 0 aliphatic heterocycles. The summed E-state index contributed by atoms with van der Waals surface area (Å²) < 4.78 is 0. The largest absolute Gasteiger partial charge is 0.393 e. The topological polar surface area (TPSA) is 40.5 Å². The van der Waals surface area contributed by atoms with E-state index < -0.39 is 17.1 Å². The number of terminal acetylenes is 1. The first-order chi connectivity index (χ1) is 11.5. The molecule has 0 heterocycles. The third-order valence-electron chi connectivity index (χ3n) is 7.99. The molecular formula is C22H30O2. The van der Waals surface area contributed by atoms with Crippen LogP contribution in [0.15, 0.2) is 23.8 Å². The van der Waals surface area contributed by atoms with Gasteiger partial charge in [-0.3, -0.25) is 0 Å². The quantitative estimate of drug-likeness (QED) is 0.568. The summed E-state index contributed by atoms with van der Waals surface area (Å²) in [4.78, 5) is 0. The second kappa shape index (κ2) is 5.48. The molecule has 0 saturated heterocycles. The molecule has 0 aromatic heterocycles. The average Bonchev–Trinajstić information content (AvgIpc) is 2.82. The fourth-order valence-electron chi connectivity index (χ4n) is 7.08. The molecule has 2 N–H and O–H groups in total. The fourth-order valence-corrected chi connectivity index (χ4v) is 7.08. The lowest BCUT2D eigenvalue weighted by atomic mass is 9.48. The van der Waals surface area contributed by atoms with Gasteiger partial charge in [-0.05, 0) is 68.6 Å². The predicted molar refractivity (Wildman–Crippen MR) is 96.0 cm³/mol. The second-order valence-electron chi connectivity index (χ2n) is 8.69. The molecule has 4 aliphatic rings. The van der Waals surface area contributed by atoms with Crippen LogP contribution in [0, 0.1) is 41.4 Å². The van der Waals surface area contributed by atoms with E-state index in [9.17, 15) is 10.2 Å². The van der Waals surface area contributed by atoms with E-state index in [-0.39, 0.29) is 5.92 Å². The third-order valence-corrected chi connectivity index (χ3v) is 7.99. The van der Waals surface area contributed by atoms with Crippen LogP contribution in [0.25, 0.3) is 0 Å². The highest BCUT2D eigenvalue weighted by Crippen LogP contribution is 2.67. The highest BCUT2D eigenvalue weighted by molar-refractivity contribution is 5.33. The zero-order valence-electron chi connectivity index (χ0n) is 14.8. The minimum Gasteiger partial charge on any atom is -0.393 e. The van der Waals surface area contributed by atoms with Crippen molar-refractivity contribution in [3.63, 3.8) is 0 Å². The molecule has 0 radical (unpaired) electrons. The molecule has 0 unspecified atom stereocenters. The lowest BCUT2D eigenvalue weighted by molar-refractivity contribution is -0.0891. The molecule has 130 valence electrons. The van der Waals surface area contributed by atoms with Crippen molar-refractivity contribution in [1.29, 1.82) is 0 Å². The number of aliphatic hydroxyl groups is 2. The van der Waals surface area contributed by atoms with Crippen LogP contribution in [0.2, 0.25) is 0 Å². The first-order valence-corrected chi connectivity index (χ1v) is 9.72. The van der Waals surface area contributed by atoms with Gasteiger partial charge in [-0.1, -0.05) is 36.6 Å². The van der Waals surface area contributed by atoms with Gasteiger partial charge in [0, 0.05) is 11.8 Å². The highest BCUT2D eigenvalue weighted by atomic mass is 16.3. The number of hydrogen-bond donors (Lipinski definition) is 2. The summed E-state index contributed by atoms with van der Waals surface area (Å²) >= 11 is 0. The molecule has 2 heteroatoms. The Morgan fingerprint density at radius 3 is 2.92 bits per heavy atom. The van der Waals surface area contributed by atoms with Gasteiger partial charge in [0.05, 0.1) is 6.10 Å². The van der Waals surface area contributed by atoms with Gasteiger partial charge < -0.3 is 10.2 Å². The van der Waals surface area contributed by atoms with Gasteiger partial charge in [0.2, 0.25) is 0 Å². The first kappa shape index (κ1) is 16.4. The Morgan fingerprint density at radius 2 is 2.21 bits per heavy atom. The Bertz CT molecular complexity index is 626. The summed E-state index contributed by atoms with van der Waals surface area (Å²) in [5, 5.41) is 22.1. The maximum absolute atomic E-state index is 11.2. The van der Waals surface area contributed by atoms with Gasteiger partial charge >= 0.3 is 0 Å². The van der Waals surface area contributed by atoms with Crippen molar-refractivity contribution in [1.82, 2.24) is 0 Å². The summed E-state index contributed by atoms with van der Waals surface area (Å²) in [5.41, 5.74) is 1.32. The van der Waals surface area contributed by atoms with Crippen molar-refractivity contribution < 1.29 is 10.2 Å². The Balaban J connectivity index is 1.78. The minimum absolute atomic E-state index is 0.113. The molecule has 3 saturated carbocycles. The van der Waals surface area contributed by atoms with Crippen LogP contribution < -0.4 is 0 Å². The summed E-state index contributed by atoms with van der Waals surface area (Å²) in [6, 6.07) is 0. The number of allylic oxidation sites excluding steroid dienone is 3. The summed E-state index contributed by atoms with van der Waals surface area (Å²) in [7, 11) is 0. The molecular weight excluding hydrogens is 296 g/mol. The van der Waals surface area contributed by atoms with Gasteiger partial charge in [0.25, 0.3) is 0 Å². The van der Waals surface area contributed by atoms with E-state index in [0.29, 0.717) is 24.2 Å². The summed E-state index contributed by atoms with van der Waals surface area (Å²) in [5.74, 6) is 4.30. The van der Waals surface area contributed by atoms with E-state index in [2.05, 4.69) is 25.5 Å². The molecule has 0 amide bonds. The molecule has 3 fully saturated rings. The fraction of sp³-hybridized carbons (Fsp3) is 0.727. The molecule has 7 atom stereocenters. The first-order valence-electron chi connectivity index (χ1n) is 9.72. The smallest absolute Gasteiger partial charge is 0.133 e. The maximum Gasteiger partial charge on any atom is 0.133 e. The highest BCUT2D eigenvalue weighted by Gasteiger charge is 2.67. The molecule has 4 aliphatic carbocycles. The van der Waals surface area contributed by atoms with Crippen LogP contribution in [0.5, 0.6) is 0 Å². The van der Waals surface area contributed by atoms with E-state index in [4.69, 9.17) is 6.42 Å². The second-order valence-corrected chi connectivity index (χ2v) is 8.69. The Labute approximate surface area is 146 Å². The van der Waals surface area contributed by atoms with E-state index in [1.54, 1.807) is 5.57 Å². The van der Waals surface area contributed by atoms with Crippen molar-refractivity contribution >= 4 is 0 Å². The zero-order chi connectivity index (χ0) is 17.1. The Kier molecular flexibility index (Phi) is 3.75. The monoisotopic (exact) mass is 326 g/mol. The molecule has 4 rings (SSSR count). The van der Waals surface area contributed by atoms with Gasteiger partial charge in [-0.2, -0.15) is 0 Å². The lowest BCUT2D eigenvalue weighted by Gasteiger charge is -2.57. The Morgan fingerprint density at radius 1 is 1.42 bits per heavy atom. The van der Waals surface area contributed by atoms with Crippen LogP contribution in [0.4, 0.5) is 0 Å².